The molecule has 1 heterocycles. The molecule has 0 radical (unpaired) electrons. The summed E-state index contributed by atoms with van der Waals surface area (Å²) in [5.41, 5.74) is 1.75. The number of benzene rings is 1. The second kappa shape index (κ2) is 6.39. The number of carbonyl (C=O) groups is 1. The molecule has 0 aliphatic heterocycles. The summed E-state index contributed by atoms with van der Waals surface area (Å²) in [7, 11) is 3.12. The van der Waals surface area contributed by atoms with Gasteiger partial charge < -0.3 is 9.47 Å². The molecule has 4 heteroatoms. The van der Waals surface area contributed by atoms with E-state index in [0.29, 0.717) is 17.1 Å². The van der Waals surface area contributed by atoms with E-state index < -0.39 is 0 Å². The van der Waals surface area contributed by atoms with Crippen LogP contribution < -0.4 is 9.47 Å². The molecule has 0 amide bonds. The fraction of sp³-hybridized carbons (Fsp3) is 0.188. The number of rotatable bonds is 5. The number of allylic oxidation sites excluding steroid dienone is 1. The summed E-state index contributed by atoms with van der Waals surface area (Å²) in [6.07, 6.45) is 3.43. The van der Waals surface area contributed by atoms with Crippen LogP contribution in [0.2, 0.25) is 0 Å². The van der Waals surface area contributed by atoms with Crippen molar-refractivity contribution in [2.24, 2.45) is 0 Å². The lowest BCUT2D eigenvalue weighted by molar-refractivity contribution is 0.104. The highest BCUT2D eigenvalue weighted by molar-refractivity contribution is 7.11. The Hall–Kier alpha value is -2.07. The molecule has 1 aromatic heterocycles. The number of carbonyl (C=O) groups excluding carboxylic acids is 1. The van der Waals surface area contributed by atoms with Crippen LogP contribution in [0.25, 0.3) is 6.08 Å². The second-order valence-corrected chi connectivity index (χ2v) is 5.18. The van der Waals surface area contributed by atoms with Crippen molar-refractivity contribution >= 4 is 23.2 Å². The van der Waals surface area contributed by atoms with Gasteiger partial charge in [-0.3, -0.25) is 4.79 Å². The highest BCUT2D eigenvalue weighted by Gasteiger charge is 2.08. The van der Waals surface area contributed by atoms with Crippen molar-refractivity contribution in [3.63, 3.8) is 0 Å². The first-order chi connectivity index (χ1) is 9.65. The van der Waals surface area contributed by atoms with Crippen LogP contribution >= 0.6 is 11.3 Å². The van der Waals surface area contributed by atoms with E-state index in [4.69, 9.17) is 9.47 Å². The zero-order valence-electron chi connectivity index (χ0n) is 11.7. The summed E-state index contributed by atoms with van der Waals surface area (Å²) in [5.74, 6) is 1.11. The minimum atomic E-state index is -0.0567. The van der Waals surface area contributed by atoms with Gasteiger partial charge in [-0.05, 0) is 54.3 Å². The van der Waals surface area contributed by atoms with Gasteiger partial charge in [0, 0.05) is 10.4 Å². The Morgan fingerprint density at radius 2 is 1.90 bits per heavy atom. The Morgan fingerprint density at radius 1 is 1.15 bits per heavy atom. The first kappa shape index (κ1) is 14.3. The van der Waals surface area contributed by atoms with Gasteiger partial charge >= 0.3 is 0 Å². The monoisotopic (exact) mass is 288 g/mol. The number of hydrogen-bond donors (Lipinski definition) is 0. The Kier molecular flexibility index (Phi) is 4.58. The maximum absolute atomic E-state index is 12.1. The van der Waals surface area contributed by atoms with Gasteiger partial charge in [0.1, 0.15) is 0 Å². The summed E-state index contributed by atoms with van der Waals surface area (Å²) in [5, 5.41) is 2.01. The second-order valence-electron chi connectivity index (χ2n) is 4.24. The molecule has 104 valence electrons. The summed E-state index contributed by atoms with van der Waals surface area (Å²) in [6, 6.07) is 7.18. The van der Waals surface area contributed by atoms with Crippen molar-refractivity contribution in [1.29, 1.82) is 0 Å². The van der Waals surface area contributed by atoms with Crippen molar-refractivity contribution in [3.05, 3.63) is 51.7 Å². The topological polar surface area (TPSA) is 35.5 Å². The van der Waals surface area contributed by atoms with Gasteiger partial charge in [0.05, 0.1) is 14.2 Å². The molecule has 0 spiro atoms. The van der Waals surface area contributed by atoms with E-state index >= 15 is 0 Å². The number of ether oxygens (including phenoxy) is 2. The summed E-state index contributed by atoms with van der Waals surface area (Å²) in [6.45, 7) is 2.02. The van der Waals surface area contributed by atoms with Crippen LogP contribution in [-0.4, -0.2) is 20.0 Å². The van der Waals surface area contributed by atoms with E-state index in [2.05, 4.69) is 0 Å². The molecule has 2 aromatic rings. The molecular weight excluding hydrogens is 272 g/mol. The van der Waals surface area contributed by atoms with Crippen LogP contribution in [-0.2, 0) is 0 Å². The highest BCUT2D eigenvalue weighted by Crippen LogP contribution is 2.28. The lowest BCUT2D eigenvalue weighted by atomic mass is 10.1. The molecule has 20 heavy (non-hydrogen) atoms. The molecular formula is C16H16O3S. The van der Waals surface area contributed by atoms with Crippen molar-refractivity contribution in [2.75, 3.05) is 14.2 Å². The van der Waals surface area contributed by atoms with E-state index in [9.17, 15) is 4.79 Å². The largest absolute Gasteiger partial charge is 0.493 e. The van der Waals surface area contributed by atoms with Crippen LogP contribution in [0.4, 0.5) is 0 Å². The molecule has 0 fully saturated rings. The maximum Gasteiger partial charge on any atom is 0.186 e. The molecule has 0 N–H and O–H groups in total. The molecule has 2 rings (SSSR count). The quantitative estimate of drug-likeness (QED) is 0.617. The molecule has 3 nitrogen and oxygen atoms in total. The molecule has 0 atom stereocenters. The van der Waals surface area contributed by atoms with Crippen LogP contribution in [0.1, 0.15) is 20.8 Å². The Bertz CT molecular complexity index is 641. The predicted octanol–water partition coefficient (Wildman–Crippen LogP) is 3.97. The van der Waals surface area contributed by atoms with Gasteiger partial charge in [-0.15, -0.1) is 11.3 Å². The Labute approximate surface area is 122 Å². The molecule has 0 saturated heterocycles. The standard InChI is InChI=1S/C16H16O3S/c1-11-8-9-20-16(11)7-5-13(17)12-4-6-14(18-2)15(10-12)19-3/h4-10H,1-3H3. The summed E-state index contributed by atoms with van der Waals surface area (Å²) >= 11 is 1.62. The molecule has 0 unspecified atom stereocenters. The zero-order valence-corrected chi connectivity index (χ0v) is 12.5. The summed E-state index contributed by atoms with van der Waals surface area (Å²) in [4.78, 5) is 13.2. The van der Waals surface area contributed by atoms with Gasteiger partial charge in [0.2, 0.25) is 0 Å². The van der Waals surface area contributed by atoms with Crippen LogP contribution in [0.3, 0.4) is 0 Å². The molecule has 0 aliphatic carbocycles. The van der Waals surface area contributed by atoms with Gasteiger partial charge in [0.25, 0.3) is 0 Å². The Balaban J connectivity index is 2.21. The van der Waals surface area contributed by atoms with Crippen LogP contribution in [0.5, 0.6) is 11.5 Å². The van der Waals surface area contributed by atoms with E-state index in [-0.39, 0.29) is 5.78 Å². The number of hydrogen-bond acceptors (Lipinski definition) is 4. The number of aryl methyl sites for hydroxylation is 1. The number of ketones is 1. The maximum atomic E-state index is 12.1. The molecule has 0 aliphatic rings. The van der Waals surface area contributed by atoms with Gasteiger partial charge in [-0.1, -0.05) is 0 Å². The fourth-order valence-electron chi connectivity index (χ4n) is 1.79. The van der Waals surface area contributed by atoms with Crippen LogP contribution in [0, 0.1) is 6.92 Å². The predicted molar refractivity (Wildman–Crippen MR) is 82.0 cm³/mol. The van der Waals surface area contributed by atoms with Crippen molar-refractivity contribution in [2.45, 2.75) is 6.92 Å². The van der Waals surface area contributed by atoms with Crippen molar-refractivity contribution < 1.29 is 14.3 Å². The van der Waals surface area contributed by atoms with Crippen molar-refractivity contribution in [3.8, 4) is 11.5 Å². The van der Waals surface area contributed by atoms with E-state index in [0.717, 1.165) is 4.88 Å². The number of thiophene rings is 1. The van der Waals surface area contributed by atoms with Crippen molar-refractivity contribution in [1.82, 2.24) is 0 Å². The number of methoxy groups -OCH3 is 2. The fourth-order valence-corrected chi connectivity index (χ4v) is 2.61. The lowest BCUT2D eigenvalue weighted by Crippen LogP contribution is -1.97. The van der Waals surface area contributed by atoms with Gasteiger partial charge in [-0.25, -0.2) is 0 Å². The smallest absolute Gasteiger partial charge is 0.186 e. The Morgan fingerprint density at radius 3 is 2.50 bits per heavy atom. The third-order valence-corrected chi connectivity index (χ3v) is 3.94. The third kappa shape index (κ3) is 3.08. The minimum Gasteiger partial charge on any atom is -0.493 e. The van der Waals surface area contributed by atoms with Gasteiger partial charge in [0.15, 0.2) is 17.3 Å². The average molecular weight is 288 g/mol. The lowest BCUT2D eigenvalue weighted by Gasteiger charge is -2.07. The van der Waals surface area contributed by atoms with E-state index in [1.165, 1.54) is 5.56 Å². The first-order valence-electron chi connectivity index (χ1n) is 6.14. The molecule has 0 bridgehead atoms. The highest BCUT2D eigenvalue weighted by atomic mass is 32.1. The average Bonchev–Trinajstić information content (AvgIpc) is 2.89. The minimum absolute atomic E-state index is 0.0567. The first-order valence-corrected chi connectivity index (χ1v) is 7.02. The third-order valence-electron chi connectivity index (χ3n) is 2.96. The van der Waals surface area contributed by atoms with E-state index in [1.807, 2.05) is 24.4 Å². The molecule has 0 saturated carbocycles. The normalized spacial score (nSPS) is 10.8. The van der Waals surface area contributed by atoms with Gasteiger partial charge in [-0.2, -0.15) is 0 Å². The summed E-state index contributed by atoms with van der Waals surface area (Å²) < 4.78 is 10.4. The zero-order chi connectivity index (χ0) is 14.5. The SMILES string of the molecule is COc1ccc(C(=O)C=Cc2sccc2C)cc1OC. The van der Waals surface area contributed by atoms with E-state index in [1.54, 1.807) is 49.8 Å². The molecule has 1 aromatic carbocycles. The van der Waals surface area contributed by atoms with Crippen LogP contribution in [0.15, 0.2) is 35.7 Å².